The molecule has 1 atom stereocenters. The largest absolute Gasteiger partial charge is 0.385 e. The van der Waals surface area contributed by atoms with Gasteiger partial charge in [-0.15, -0.1) is 0 Å². The van der Waals surface area contributed by atoms with Gasteiger partial charge in [-0.2, -0.15) is 0 Å². The zero-order chi connectivity index (χ0) is 16.0. The molecule has 0 spiro atoms. The molecule has 0 aliphatic rings. The molecule has 0 bridgehead atoms. The lowest BCUT2D eigenvalue weighted by Gasteiger charge is -2.14. The van der Waals surface area contributed by atoms with Crippen LogP contribution in [0.5, 0.6) is 0 Å². The van der Waals surface area contributed by atoms with E-state index in [2.05, 4.69) is 5.32 Å². The molecule has 0 aromatic heterocycles. The SMILES string of the molecule is CCc1ccc(C(=O)NC(C)CCOC)cc1S(=O)(=O)Cl. The topological polar surface area (TPSA) is 72.5 Å². The van der Waals surface area contributed by atoms with Gasteiger partial charge in [0.25, 0.3) is 15.0 Å². The Morgan fingerprint density at radius 3 is 2.62 bits per heavy atom. The van der Waals surface area contributed by atoms with Crippen molar-refractivity contribution in [2.24, 2.45) is 0 Å². The number of aryl methyl sites for hydroxylation is 1. The number of carbonyl (C=O) groups is 1. The number of amides is 1. The first-order valence-corrected chi connectivity index (χ1v) is 8.98. The van der Waals surface area contributed by atoms with E-state index in [-0.39, 0.29) is 22.4 Å². The van der Waals surface area contributed by atoms with Crippen molar-refractivity contribution in [1.82, 2.24) is 5.32 Å². The van der Waals surface area contributed by atoms with Crippen LogP contribution in [-0.2, 0) is 20.2 Å². The summed E-state index contributed by atoms with van der Waals surface area (Å²) >= 11 is 0. The van der Waals surface area contributed by atoms with E-state index in [1.807, 2.05) is 13.8 Å². The smallest absolute Gasteiger partial charge is 0.261 e. The second-order valence-corrected chi connectivity index (χ2v) is 7.30. The summed E-state index contributed by atoms with van der Waals surface area (Å²) < 4.78 is 28.1. The summed E-state index contributed by atoms with van der Waals surface area (Å²) in [4.78, 5) is 12.1. The molecule has 7 heteroatoms. The van der Waals surface area contributed by atoms with E-state index in [9.17, 15) is 13.2 Å². The molecule has 0 saturated carbocycles. The van der Waals surface area contributed by atoms with Crippen LogP contribution in [0.25, 0.3) is 0 Å². The standard InChI is InChI=1S/C14H20ClNO4S/c1-4-11-5-6-12(9-13(11)21(15,18)19)14(17)16-10(2)7-8-20-3/h5-6,9-10H,4,7-8H2,1-3H3,(H,16,17). The number of halogens is 1. The molecule has 0 saturated heterocycles. The highest BCUT2D eigenvalue weighted by molar-refractivity contribution is 8.13. The molecular weight excluding hydrogens is 314 g/mol. The molecular formula is C14H20ClNO4S. The van der Waals surface area contributed by atoms with E-state index in [0.29, 0.717) is 25.0 Å². The fourth-order valence-corrected chi connectivity index (χ4v) is 3.11. The van der Waals surface area contributed by atoms with E-state index in [4.69, 9.17) is 15.4 Å². The van der Waals surface area contributed by atoms with E-state index in [0.717, 1.165) is 0 Å². The number of ether oxygens (including phenoxy) is 1. The second kappa shape index (κ2) is 7.77. The van der Waals surface area contributed by atoms with Crippen molar-refractivity contribution in [1.29, 1.82) is 0 Å². The third kappa shape index (κ3) is 5.30. The molecule has 0 radical (unpaired) electrons. The third-order valence-electron chi connectivity index (χ3n) is 3.11. The molecule has 1 rings (SSSR count). The molecule has 21 heavy (non-hydrogen) atoms. The molecule has 1 aromatic rings. The summed E-state index contributed by atoms with van der Waals surface area (Å²) in [5.74, 6) is -0.331. The summed E-state index contributed by atoms with van der Waals surface area (Å²) in [6.45, 7) is 4.22. The monoisotopic (exact) mass is 333 g/mol. The zero-order valence-electron chi connectivity index (χ0n) is 12.3. The number of methoxy groups -OCH3 is 1. The van der Waals surface area contributed by atoms with Gasteiger partial charge < -0.3 is 10.1 Å². The minimum atomic E-state index is -3.87. The van der Waals surface area contributed by atoms with Gasteiger partial charge in [0.1, 0.15) is 0 Å². The summed E-state index contributed by atoms with van der Waals surface area (Å²) in [5.41, 5.74) is 0.865. The average molecular weight is 334 g/mol. The van der Waals surface area contributed by atoms with Gasteiger partial charge in [-0.3, -0.25) is 4.79 Å². The molecule has 0 aliphatic heterocycles. The Hall–Kier alpha value is -1.11. The van der Waals surface area contributed by atoms with Crippen LogP contribution >= 0.6 is 10.7 Å². The summed E-state index contributed by atoms with van der Waals surface area (Å²) in [5, 5.41) is 2.79. The first-order chi connectivity index (χ1) is 9.79. The van der Waals surface area contributed by atoms with Crippen LogP contribution in [0.2, 0.25) is 0 Å². The van der Waals surface area contributed by atoms with E-state index >= 15 is 0 Å². The number of hydrogen-bond donors (Lipinski definition) is 1. The van der Waals surface area contributed by atoms with Crippen molar-refractivity contribution in [3.8, 4) is 0 Å². The maximum absolute atomic E-state index is 12.1. The van der Waals surface area contributed by atoms with E-state index < -0.39 is 9.05 Å². The fourth-order valence-electron chi connectivity index (χ4n) is 1.89. The van der Waals surface area contributed by atoms with E-state index in [1.165, 1.54) is 6.07 Å². The predicted molar refractivity (Wildman–Crippen MR) is 82.3 cm³/mol. The highest BCUT2D eigenvalue weighted by Crippen LogP contribution is 2.22. The van der Waals surface area contributed by atoms with Crippen LogP contribution < -0.4 is 5.32 Å². The highest BCUT2D eigenvalue weighted by Gasteiger charge is 2.18. The molecule has 0 heterocycles. The Labute approximate surface area is 130 Å². The summed E-state index contributed by atoms with van der Waals surface area (Å²) in [6, 6.07) is 4.46. The zero-order valence-corrected chi connectivity index (χ0v) is 13.9. The predicted octanol–water partition coefficient (Wildman–Crippen LogP) is 2.33. The minimum Gasteiger partial charge on any atom is -0.385 e. The average Bonchev–Trinajstić information content (AvgIpc) is 2.43. The third-order valence-corrected chi connectivity index (χ3v) is 4.51. The van der Waals surface area contributed by atoms with Crippen LogP contribution in [0.4, 0.5) is 0 Å². The molecule has 0 aliphatic carbocycles. The summed E-state index contributed by atoms with van der Waals surface area (Å²) in [7, 11) is 3.14. The second-order valence-electron chi connectivity index (χ2n) is 4.77. The van der Waals surface area contributed by atoms with Crippen molar-refractivity contribution in [2.45, 2.75) is 37.6 Å². The number of benzene rings is 1. The van der Waals surface area contributed by atoms with Gasteiger partial charge in [-0.1, -0.05) is 13.0 Å². The molecule has 118 valence electrons. The van der Waals surface area contributed by atoms with Gasteiger partial charge in [0.2, 0.25) is 0 Å². The lowest BCUT2D eigenvalue weighted by molar-refractivity contribution is 0.0929. The van der Waals surface area contributed by atoms with Crippen LogP contribution in [0.1, 0.15) is 36.2 Å². The Kier molecular flexibility index (Phi) is 6.64. The molecule has 1 N–H and O–H groups in total. The van der Waals surface area contributed by atoms with Crippen molar-refractivity contribution in [3.63, 3.8) is 0 Å². The quantitative estimate of drug-likeness (QED) is 0.777. The lowest BCUT2D eigenvalue weighted by atomic mass is 10.1. The van der Waals surface area contributed by atoms with Crippen LogP contribution in [0, 0.1) is 0 Å². The Morgan fingerprint density at radius 1 is 1.43 bits per heavy atom. The van der Waals surface area contributed by atoms with E-state index in [1.54, 1.807) is 19.2 Å². The molecule has 5 nitrogen and oxygen atoms in total. The first kappa shape index (κ1) is 17.9. The Bertz CT molecular complexity index is 601. The molecule has 1 amide bonds. The number of nitrogens with one attached hydrogen (secondary N) is 1. The van der Waals surface area contributed by atoms with Crippen molar-refractivity contribution in [3.05, 3.63) is 29.3 Å². The van der Waals surface area contributed by atoms with Crippen LogP contribution in [0.15, 0.2) is 23.1 Å². The van der Waals surface area contributed by atoms with Crippen LogP contribution in [-0.4, -0.2) is 34.1 Å². The van der Waals surface area contributed by atoms with Gasteiger partial charge in [-0.25, -0.2) is 8.42 Å². The van der Waals surface area contributed by atoms with Gasteiger partial charge in [0.05, 0.1) is 4.90 Å². The number of carbonyl (C=O) groups excluding carboxylic acids is 1. The maximum atomic E-state index is 12.1. The number of hydrogen-bond acceptors (Lipinski definition) is 4. The van der Waals surface area contributed by atoms with Crippen molar-refractivity contribution >= 4 is 25.6 Å². The minimum absolute atomic E-state index is 0.0103. The van der Waals surface area contributed by atoms with Gasteiger partial charge in [-0.05, 0) is 37.5 Å². The molecule has 1 aromatic carbocycles. The lowest BCUT2D eigenvalue weighted by Crippen LogP contribution is -2.33. The van der Waals surface area contributed by atoms with Crippen LogP contribution in [0.3, 0.4) is 0 Å². The van der Waals surface area contributed by atoms with Crippen molar-refractivity contribution in [2.75, 3.05) is 13.7 Å². The Balaban J connectivity index is 2.96. The van der Waals surface area contributed by atoms with Crippen molar-refractivity contribution < 1.29 is 17.9 Å². The summed E-state index contributed by atoms with van der Waals surface area (Å²) in [6.07, 6.45) is 1.20. The fraction of sp³-hybridized carbons (Fsp3) is 0.500. The number of rotatable bonds is 7. The molecule has 0 fully saturated rings. The maximum Gasteiger partial charge on any atom is 0.261 e. The Morgan fingerprint density at radius 2 is 2.10 bits per heavy atom. The highest BCUT2D eigenvalue weighted by atomic mass is 35.7. The van der Waals surface area contributed by atoms with Gasteiger partial charge in [0.15, 0.2) is 0 Å². The van der Waals surface area contributed by atoms with Gasteiger partial charge >= 0.3 is 0 Å². The first-order valence-electron chi connectivity index (χ1n) is 6.67. The normalized spacial score (nSPS) is 13.0. The molecule has 1 unspecified atom stereocenters. The van der Waals surface area contributed by atoms with Gasteiger partial charge in [0, 0.05) is 36.0 Å².